The first-order valence-corrected chi connectivity index (χ1v) is 4.88. The Labute approximate surface area is 84.3 Å². The number of nitrogens with zero attached hydrogens (tertiary/aromatic N) is 1. The van der Waals surface area contributed by atoms with Gasteiger partial charge in [0.1, 0.15) is 0 Å². The van der Waals surface area contributed by atoms with E-state index in [1.165, 1.54) is 7.11 Å². The molecule has 5 heteroatoms. The zero-order valence-corrected chi connectivity index (χ0v) is 8.78. The van der Waals surface area contributed by atoms with Crippen molar-refractivity contribution in [2.24, 2.45) is 5.92 Å². The molecule has 1 aliphatic heterocycles. The molecule has 1 atom stereocenters. The van der Waals surface area contributed by atoms with Crippen LogP contribution in [0.4, 0.5) is 0 Å². The quantitative estimate of drug-likeness (QED) is 0.630. The molecule has 0 aliphatic carbocycles. The van der Waals surface area contributed by atoms with E-state index in [2.05, 4.69) is 15.2 Å². The summed E-state index contributed by atoms with van der Waals surface area (Å²) in [6.45, 7) is 5.70. The number of hydrogen-bond donors (Lipinski definition) is 1. The maximum absolute atomic E-state index is 11.1. The average molecular weight is 202 g/mol. The van der Waals surface area contributed by atoms with Crippen LogP contribution >= 0.6 is 0 Å². The smallest absolute Gasteiger partial charge is 0.309 e. The molecular formula is C9H18N2O3. The van der Waals surface area contributed by atoms with Crippen molar-refractivity contribution < 1.29 is 14.3 Å². The molecule has 1 heterocycles. The van der Waals surface area contributed by atoms with Gasteiger partial charge in [-0.1, -0.05) is 6.92 Å². The van der Waals surface area contributed by atoms with E-state index in [9.17, 15) is 4.79 Å². The van der Waals surface area contributed by atoms with Gasteiger partial charge in [0.05, 0.1) is 26.2 Å². The van der Waals surface area contributed by atoms with Gasteiger partial charge in [0, 0.05) is 19.6 Å². The molecule has 82 valence electrons. The second-order valence-electron chi connectivity index (χ2n) is 3.39. The van der Waals surface area contributed by atoms with Gasteiger partial charge in [-0.15, -0.1) is 0 Å². The van der Waals surface area contributed by atoms with E-state index in [1.54, 1.807) is 0 Å². The van der Waals surface area contributed by atoms with E-state index in [1.807, 2.05) is 6.92 Å². The third-order valence-electron chi connectivity index (χ3n) is 2.24. The van der Waals surface area contributed by atoms with Crippen molar-refractivity contribution in [3.63, 3.8) is 0 Å². The SMILES string of the molecule is COC(=O)C(C)CNN1CCOCC1. The summed E-state index contributed by atoms with van der Waals surface area (Å²) in [4.78, 5) is 11.1. The average Bonchev–Trinajstić information content (AvgIpc) is 2.26. The van der Waals surface area contributed by atoms with Crippen molar-refractivity contribution in [1.29, 1.82) is 0 Å². The highest BCUT2D eigenvalue weighted by Crippen LogP contribution is 1.98. The molecule has 0 aromatic rings. The molecule has 1 fully saturated rings. The molecular weight excluding hydrogens is 184 g/mol. The first-order chi connectivity index (χ1) is 6.74. The first kappa shape index (κ1) is 11.4. The largest absolute Gasteiger partial charge is 0.469 e. The maximum atomic E-state index is 11.1. The van der Waals surface area contributed by atoms with Crippen LogP contribution in [0.1, 0.15) is 6.92 Å². The minimum atomic E-state index is -0.175. The summed E-state index contributed by atoms with van der Waals surface area (Å²) in [6, 6.07) is 0. The molecule has 0 amide bonds. The Hall–Kier alpha value is -0.650. The predicted octanol–water partition coefficient (Wildman–Crippen LogP) is -0.368. The number of carbonyl (C=O) groups is 1. The summed E-state index contributed by atoms with van der Waals surface area (Å²) in [6.07, 6.45) is 0. The van der Waals surface area contributed by atoms with Crippen molar-refractivity contribution in [2.75, 3.05) is 40.0 Å². The van der Waals surface area contributed by atoms with Crippen LogP contribution in [0.5, 0.6) is 0 Å². The zero-order valence-electron chi connectivity index (χ0n) is 8.78. The van der Waals surface area contributed by atoms with Gasteiger partial charge >= 0.3 is 5.97 Å². The fourth-order valence-corrected chi connectivity index (χ4v) is 1.27. The van der Waals surface area contributed by atoms with Gasteiger partial charge in [-0.05, 0) is 0 Å². The number of carbonyl (C=O) groups excluding carboxylic acids is 1. The highest BCUT2D eigenvalue weighted by Gasteiger charge is 2.15. The summed E-state index contributed by atoms with van der Waals surface area (Å²) in [7, 11) is 1.41. The predicted molar refractivity (Wildman–Crippen MR) is 51.6 cm³/mol. The number of methoxy groups -OCH3 is 1. The summed E-state index contributed by atoms with van der Waals surface area (Å²) in [5.41, 5.74) is 3.19. The van der Waals surface area contributed by atoms with Crippen molar-refractivity contribution in [2.45, 2.75) is 6.92 Å². The second-order valence-corrected chi connectivity index (χ2v) is 3.39. The standard InChI is InChI=1S/C9H18N2O3/c1-8(9(12)13-2)7-10-11-3-5-14-6-4-11/h8,10H,3-7H2,1-2H3. The molecule has 0 radical (unpaired) electrons. The van der Waals surface area contributed by atoms with Gasteiger partial charge < -0.3 is 9.47 Å². The lowest BCUT2D eigenvalue weighted by Crippen LogP contribution is -2.47. The minimum absolute atomic E-state index is 0.108. The van der Waals surface area contributed by atoms with E-state index >= 15 is 0 Å². The lowest BCUT2D eigenvalue weighted by atomic mass is 10.2. The van der Waals surface area contributed by atoms with Crippen LogP contribution in [-0.4, -0.2) is 50.9 Å². The molecule has 0 aromatic heterocycles. The Morgan fingerprint density at radius 2 is 2.21 bits per heavy atom. The number of ether oxygens (including phenoxy) is 2. The summed E-state index contributed by atoms with van der Waals surface area (Å²) < 4.78 is 9.83. The van der Waals surface area contributed by atoms with Crippen molar-refractivity contribution >= 4 is 5.97 Å². The Balaban J connectivity index is 2.15. The van der Waals surface area contributed by atoms with Gasteiger partial charge in [-0.3, -0.25) is 10.2 Å². The highest BCUT2D eigenvalue weighted by atomic mass is 16.5. The van der Waals surface area contributed by atoms with E-state index in [0.717, 1.165) is 26.3 Å². The van der Waals surface area contributed by atoms with E-state index < -0.39 is 0 Å². The van der Waals surface area contributed by atoms with Crippen LogP contribution in [-0.2, 0) is 14.3 Å². The third kappa shape index (κ3) is 3.61. The first-order valence-electron chi connectivity index (χ1n) is 4.88. The maximum Gasteiger partial charge on any atom is 0.309 e. The number of esters is 1. The molecule has 0 aromatic carbocycles. The minimum Gasteiger partial charge on any atom is -0.469 e. The molecule has 1 rings (SSSR count). The van der Waals surface area contributed by atoms with Crippen LogP contribution in [0.2, 0.25) is 0 Å². The molecule has 1 unspecified atom stereocenters. The highest BCUT2D eigenvalue weighted by molar-refractivity contribution is 5.71. The number of hydrazine groups is 1. The number of hydrogen-bond acceptors (Lipinski definition) is 5. The Morgan fingerprint density at radius 1 is 1.57 bits per heavy atom. The Kier molecular flexibility index (Phi) is 4.86. The van der Waals surface area contributed by atoms with Crippen LogP contribution in [0, 0.1) is 5.92 Å². The fourth-order valence-electron chi connectivity index (χ4n) is 1.27. The van der Waals surface area contributed by atoms with Gasteiger partial charge in [-0.2, -0.15) is 0 Å². The number of rotatable bonds is 4. The van der Waals surface area contributed by atoms with Crippen LogP contribution in [0.25, 0.3) is 0 Å². The topological polar surface area (TPSA) is 50.8 Å². The lowest BCUT2D eigenvalue weighted by molar-refractivity contribution is -0.145. The van der Waals surface area contributed by atoms with Crippen molar-refractivity contribution in [3.8, 4) is 0 Å². The Bertz CT molecular complexity index is 181. The van der Waals surface area contributed by atoms with E-state index in [4.69, 9.17) is 4.74 Å². The van der Waals surface area contributed by atoms with Crippen LogP contribution < -0.4 is 5.43 Å². The molecule has 0 bridgehead atoms. The van der Waals surface area contributed by atoms with Crippen LogP contribution in [0.15, 0.2) is 0 Å². The molecule has 1 N–H and O–H groups in total. The molecule has 0 saturated carbocycles. The Morgan fingerprint density at radius 3 is 2.79 bits per heavy atom. The van der Waals surface area contributed by atoms with E-state index in [-0.39, 0.29) is 11.9 Å². The molecule has 0 spiro atoms. The monoisotopic (exact) mass is 202 g/mol. The number of morpholine rings is 1. The molecule has 14 heavy (non-hydrogen) atoms. The van der Waals surface area contributed by atoms with Crippen molar-refractivity contribution in [3.05, 3.63) is 0 Å². The number of nitrogens with one attached hydrogen (secondary N) is 1. The van der Waals surface area contributed by atoms with Crippen LogP contribution in [0.3, 0.4) is 0 Å². The molecule has 5 nitrogen and oxygen atoms in total. The molecule has 1 aliphatic rings. The van der Waals surface area contributed by atoms with Crippen molar-refractivity contribution in [1.82, 2.24) is 10.4 Å². The third-order valence-corrected chi connectivity index (χ3v) is 2.24. The second kappa shape index (κ2) is 5.95. The van der Waals surface area contributed by atoms with Gasteiger partial charge in [0.2, 0.25) is 0 Å². The normalized spacial score (nSPS) is 20.4. The lowest BCUT2D eigenvalue weighted by Gasteiger charge is -2.28. The fraction of sp³-hybridized carbons (Fsp3) is 0.889. The summed E-state index contributed by atoms with van der Waals surface area (Å²) in [5, 5.41) is 2.07. The van der Waals surface area contributed by atoms with Gasteiger partial charge in [0.15, 0.2) is 0 Å². The van der Waals surface area contributed by atoms with Gasteiger partial charge in [0.25, 0.3) is 0 Å². The van der Waals surface area contributed by atoms with E-state index in [0.29, 0.717) is 6.54 Å². The molecule has 1 saturated heterocycles. The zero-order chi connectivity index (χ0) is 10.4. The summed E-state index contributed by atoms with van der Waals surface area (Å²) >= 11 is 0. The van der Waals surface area contributed by atoms with Gasteiger partial charge in [-0.25, -0.2) is 5.01 Å². The summed E-state index contributed by atoms with van der Waals surface area (Å²) in [5.74, 6) is -0.284.